The first-order valence-corrected chi connectivity index (χ1v) is 9.73. The minimum Gasteiger partial charge on any atom is -0.411 e. The number of carbonyl (C=O) groups excluding carboxylic acids is 1. The number of hydrogen-bond donors (Lipinski definition) is 1. The highest BCUT2D eigenvalue weighted by atomic mass is 32.2. The molecule has 0 radical (unpaired) electrons. The van der Waals surface area contributed by atoms with Gasteiger partial charge >= 0.3 is 0 Å². The average molecular weight is 382 g/mol. The summed E-state index contributed by atoms with van der Waals surface area (Å²) in [5.74, 6) is 0.550. The number of nitrogens with zero attached hydrogens (tertiary/aromatic N) is 2. The highest BCUT2D eigenvalue weighted by molar-refractivity contribution is 7.99. The van der Waals surface area contributed by atoms with Crippen molar-refractivity contribution < 1.29 is 9.21 Å². The van der Waals surface area contributed by atoms with E-state index in [0.29, 0.717) is 11.1 Å². The van der Waals surface area contributed by atoms with Crippen LogP contribution in [0.25, 0.3) is 11.5 Å². The fourth-order valence-corrected chi connectivity index (χ4v) is 3.10. The molecule has 3 rings (SSSR count). The van der Waals surface area contributed by atoms with Crippen LogP contribution in [0.5, 0.6) is 0 Å². The fourth-order valence-electron chi connectivity index (χ4n) is 2.54. The van der Waals surface area contributed by atoms with Crippen LogP contribution < -0.4 is 5.32 Å². The van der Waals surface area contributed by atoms with Crippen LogP contribution in [0, 0.1) is 6.92 Å². The summed E-state index contributed by atoms with van der Waals surface area (Å²) in [6.07, 6.45) is 0. The summed E-state index contributed by atoms with van der Waals surface area (Å²) in [7, 11) is 0. The molecule has 6 heteroatoms. The molecule has 0 aliphatic heterocycles. The second kappa shape index (κ2) is 7.96. The number of amides is 1. The van der Waals surface area contributed by atoms with Gasteiger partial charge in [0.25, 0.3) is 5.22 Å². The van der Waals surface area contributed by atoms with E-state index in [1.807, 2.05) is 55.5 Å². The zero-order chi connectivity index (χ0) is 19.4. The maximum Gasteiger partial charge on any atom is 0.277 e. The lowest BCUT2D eigenvalue weighted by molar-refractivity contribution is -0.113. The monoisotopic (exact) mass is 381 g/mol. The number of nitrogens with one attached hydrogen (secondary N) is 1. The summed E-state index contributed by atoms with van der Waals surface area (Å²) >= 11 is 1.22. The minimum absolute atomic E-state index is 0.0886. The third kappa shape index (κ3) is 5.20. The summed E-state index contributed by atoms with van der Waals surface area (Å²) in [6, 6.07) is 15.8. The van der Waals surface area contributed by atoms with Crippen LogP contribution in [0.1, 0.15) is 31.9 Å². The Kier molecular flexibility index (Phi) is 5.65. The molecule has 0 aliphatic rings. The molecule has 0 saturated heterocycles. The van der Waals surface area contributed by atoms with Crippen molar-refractivity contribution in [3.8, 4) is 11.5 Å². The standard InChI is InChI=1S/C21H23N3O2S/c1-14-6-5-7-15(12-14)19-23-24-20(26-19)27-13-18(25)22-17-10-8-16(9-11-17)21(2,3)4/h5-12H,13H2,1-4H3,(H,22,25). The van der Waals surface area contributed by atoms with E-state index in [1.165, 1.54) is 17.3 Å². The predicted molar refractivity (Wildman–Crippen MR) is 109 cm³/mol. The molecule has 0 aliphatic carbocycles. The molecule has 3 aromatic rings. The van der Waals surface area contributed by atoms with Gasteiger partial charge in [-0.3, -0.25) is 4.79 Å². The number of benzene rings is 2. The molecule has 0 bridgehead atoms. The van der Waals surface area contributed by atoms with E-state index in [9.17, 15) is 4.79 Å². The topological polar surface area (TPSA) is 68.0 Å². The summed E-state index contributed by atoms with van der Waals surface area (Å²) in [5, 5.41) is 11.3. The van der Waals surface area contributed by atoms with Gasteiger partial charge in [-0.2, -0.15) is 0 Å². The molecule has 0 fully saturated rings. The highest BCUT2D eigenvalue weighted by Gasteiger charge is 2.14. The van der Waals surface area contributed by atoms with Crippen LogP contribution >= 0.6 is 11.8 Å². The molecule has 5 nitrogen and oxygen atoms in total. The van der Waals surface area contributed by atoms with Gasteiger partial charge in [0.1, 0.15) is 0 Å². The first kappa shape index (κ1) is 19.2. The minimum atomic E-state index is -0.112. The maximum atomic E-state index is 12.2. The lowest BCUT2D eigenvalue weighted by Crippen LogP contribution is -2.15. The van der Waals surface area contributed by atoms with Crippen molar-refractivity contribution in [1.82, 2.24) is 10.2 Å². The molecule has 0 atom stereocenters. The first-order chi connectivity index (χ1) is 12.8. The molecule has 1 heterocycles. The van der Waals surface area contributed by atoms with E-state index in [0.717, 1.165) is 16.8 Å². The zero-order valence-electron chi connectivity index (χ0n) is 15.9. The SMILES string of the molecule is Cc1cccc(-c2nnc(SCC(=O)Nc3ccc(C(C)(C)C)cc3)o2)c1. The molecular weight excluding hydrogens is 358 g/mol. The van der Waals surface area contributed by atoms with Crippen molar-refractivity contribution in [3.05, 3.63) is 59.7 Å². The van der Waals surface area contributed by atoms with Crippen LogP contribution in [-0.2, 0) is 10.2 Å². The largest absolute Gasteiger partial charge is 0.411 e. The van der Waals surface area contributed by atoms with Crippen molar-refractivity contribution in [2.24, 2.45) is 0 Å². The molecule has 2 aromatic carbocycles. The number of aromatic nitrogens is 2. The van der Waals surface area contributed by atoms with E-state index in [1.54, 1.807) is 0 Å². The van der Waals surface area contributed by atoms with Crippen molar-refractivity contribution in [3.63, 3.8) is 0 Å². The van der Waals surface area contributed by atoms with Gasteiger partial charge in [0, 0.05) is 11.3 Å². The Morgan fingerprint density at radius 1 is 1.11 bits per heavy atom. The van der Waals surface area contributed by atoms with Crippen LogP contribution in [0.2, 0.25) is 0 Å². The van der Waals surface area contributed by atoms with Crippen molar-refractivity contribution in [2.75, 3.05) is 11.1 Å². The van der Waals surface area contributed by atoms with Crippen molar-refractivity contribution in [2.45, 2.75) is 38.3 Å². The van der Waals surface area contributed by atoms with Gasteiger partial charge in [0.15, 0.2) is 0 Å². The van der Waals surface area contributed by atoms with Crippen LogP contribution in [0.3, 0.4) is 0 Å². The number of rotatable bonds is 5. The van der Waals surface area contributed by atoms with E-state index in [-0.39, 0.29) is 17.1 Å². The zero-order valence-corrected chi connectivity index (χ0v) is 16.8. The quantitative estimate of drug-likeness (QED) is 0.625. The number of hydrogen-bond acceptors (Lipinski definition) is 5. The van der Waals surface area contributed by atoms with Crippen LogP contribution in [0.4, 0.5) is 5.69 Å². The molecular formula is C21H23N3O2S. The summed E-state index contributed by atoms with van der Waals surface area (Å²) in [5.41, 5.74) is 4.09. The van der Waals surface area contributed by atoms with E-state index in [4.69, 9.17) is 4.42 Å². The number of carbonyl (C=O) groups is 1. The summed E-state index contributed by atoms with van der Waals surface area (Å²) in [6.45, 7) is 8.49. The molecule has 0 saturated carbocycles. The Bertz CT molecular complexity index is 927. The Hall–Kier alpha value is -2.60. The van der Waals surface area contributed by atoms with Gasteiger partial charge in [-0.15, -0.1) is 10.2 Å². The number of anilines is 1. The van der Waals surface area contributed by atoms with Gasteiger partial charge in [0.05, 0.1) is 5.75 Å². The lowest BCUT2D eigenvalue weighted by atomic mass is 9.87. The number of aryl methyl sites for hydroxylation is 1. The Labute approximate surface area is 163 Å². The first-order valence-electron chi connectivity index (χ1n) is 8.75. The third-order valence-corrected chi connectivity index (χ3v) is 4.85. The molecule has 140 valence electrons. The second-order valence-electron chi connectivity index (χ2n) is 7.41. The molecule has 27 heavy (non-hydrogen) atoms. The maximum absolute atomic E-state index is 12.2. The highest BCUT2D eigenvalue weighted by Crippen LogP contribution is 2.25. The summed E-state index contributed by atoms with van der Waals surface area (Å²) < 4.78 is 5.64. The molecule has 1 N–H and O–H groups in total. The Morgan fingerprint density at radius 3 is 2.52 bits per heavy atom. The number of thioether (sulfide) groups is 1. The second-order valence-corrected chi connectivity index (χ2v) is 8.33. The van der Waals surface area contributed by atoms with Gasteiger partial charge in [-0.25, -0.2) is 0 Å². The van der Waals surface area contributed by atoms with Gasteiger partial charge in [-0.1, -0.05) is 62.4 Å². The fraction of sp³-hybridized carbons (Fsp3) is 0.286. The average Bonchev–Trinajstić information content (AvgIpc) is 3.09. The van der Waals surface area contributed by atoms with Gasteiger partial charge < -0.3 is 9.73 Å². The van der Waals surface area contributed by atoms with Crippen molar-refractivity contribution >= 4 is 23.4 Å². The van der Waals surface area contributed by atoms with Crippen LogP contribution in [0.15, 0.2) is 58.2 Å². The van der Waals surface area contributed by atoms with Crippen molar-refractivity contribution in [1.29, 1.82) is 0 Å². The van der Waals surface area contributed by atoms with E-state index >= 15 is 0 Å². The Balaban J connectivity index is 1.55. The predicted octanol–water partition coefficient (Wildman–Crippen LogP) is 5.07. The van der Waals surface area contributed by atoms with Crippen LogP contribution in [-0.4, -0.2) is 21.9 Å². The lowest BCUT2D eigenvalue weighted by Gasteiger charge is -2.19. The normalized spacial score (nSPS) is 11.4. The van der Waals surface area contributed by atoms with E-state index in [2.05, 4.69) is 36.3 Å². The van der Waals surface area contributed by atoms with E-state index < -0.39 is 0 Å². The molecule has 1 amide bonds. The molecule has 0 unspecified atom stereocenters. The van der Waals surface area contributed by atoms with Gasteiger partial charge in [-0.05, 0) is 42.2 Å². The Morgan fingerprint density at radius 2 is 1.85 bits per heavy atom. The smallest absolute Gasteiger partial charge is 0.277 e. The third-order valence-electron chi connectivity index (χ3n) is 4.03. The molecule has 1 aromatic heterocycles. The van der Waals surface area contributed by atoms with Gasteiger partial charge in [0.2, 0.25) is 11.8 Å². The summed E-state index contributed by atoms with van der Waals surface area (Å²) in [4.78, 5) is 12.2. The molecule has 0 spiro atoms.